The van der Waals surface area contributed by atoms with Crippen molar-refractivity contribution in [1.82, 2.24) is 14.7 Å². The van der Waals surface area contributed by atoms with Gasteiger partial charge in [-0.15, -0.1) is 0 Å². The molecule has 1 aliphatic heterocycles. The van der Waals surface area contributed by atoms with Gasteiger partial charge in [-0.3, -0.25) is 4.90 Å². The SMILES string of the molecule is CCc1nn(C)c(OC)c1CN1CCCCC1C(C)O. The Balaban J connectivity index is 2.23. The molecule has 20 heavy (non-hydrogen) atoms. The van der Waals surface area contributed by atoms with Crippen LogP contribution in [0.25, 0.3) is 0 Å². The van der Waals surface area contributed by atoms with Crippen LogP contribution in [-0.2, 0) is 20.0 Å². The average molecular weight is 281 g/mol. The van der Waals surface area contributed by atoms with Gasteiger partial charge in [-0.1, -0.05) is 13.3 Å². The number of methoxy groups -OCH3 is 1. The van der Waals surface area contributed by atoms with Crippen LogP contribution in [0.15, 0.2) is 0 Å². The fourth-order valence-corrected chi connectivity index (χ4v) is 3.27. The Labute approximate surface area is 121 Å². The summed E-state index contributed by atoms with van der Waals surface area (Å²) in [4.78, 5) is 2.38. The lowest BCUT2D eigenvalue weighted by Gasteiger charge is -2.37. The van der Waals surface area contributed by atoms with Gasteiger partial charge in [0.05, 0.1) is 24.5 Å². The molecule has 5 nitrogen and oxygen atoms in total. The van der Waals surface area contributed by atoms with Gasteiger partial charge < -0.3 is 9.84 Å². The average Bonchev–Trinajstić information content (AvgIpc) is 2.74. The van der Waals surface area contributed by atoms with Gasteiger partial charge in [-0.2, -0.15) is 5.10 Å². The van der Waals surface area contributed by atoms with Crippen molar-refractivity contribution in [3.8, 4) is 5.88 Å². The van der Waals surface area contributed by atoms with Gasteiger partial charge in [0.1, 0.15) is 0 Å². The smallest absolute Gasteiger partial charge is 0.216 e. The number of ether oxygens (including phenoxy) is 1. The molecule has 2 rings (SSSR count). The van der Waals surface area contributed by atoms with Gasteiger partial charge in [0.2, 0.25) is 5.88 Å². The van der Waals surface area contributed by atoms with Crippen molar-refractivity contribution in [2.24, 2.45) is 7.05 Å². The Bertz CT molecular complexity index is 443. The number of aryl methyl sites for hydroxylation is 2. The fraction of sp³-hybridized carbons (Fsp3) is 0.800. The molecule has 5 heteroatoms. The van der Waals surface area contributed by atoms with Crippen molar-refractivity contribution in [2.45, 2.75) is 58.2 Å². The van der Waals surface area contributed by atoms with E-state index in [1.165, 1.54) is 18.4 Å². The quantitative estimate of drug-likeness (QED) is 0.893. The molecule has 2 unspecified atom stereocenters. The van der Waals surface area contributed by atoms with E-state index in [1.54, 1.807) is 7.11 Å². The van der Waals surface area contributed by atoms with Crippen molar-refractivity contribution in [3.63, 3.8) is 0 Å². The van der Waals surface area contributed by atoms with Gasteiger partial charge in [0.25, 0.3) is 0 Å². The molecule has 0 amide bonds. The summed E-state index contributed by atoms with van der Waals surface area (Å²) in [6.07, 6.45) is 4.09. The fourth-order valence-electron chi connectivity index (χ4n) is 3.27. The first-order valence-electron chi connectivity index (χ1n) is 7.59. The third-order valence-corrected chi connectivity index (χ3v) is 4.28. The zero-order valence-corrected chi connectivity index (χ0v) is 13.1. The summed E-state index contributed by atoms with van der Waals surface area (Å²) in [6, 6.07) is 0.248. The van der Waals surface area contributed by atoms with E-state index in [0.29, 0.717) is 0 Å². The first-order chi connectivity index (χ1) is 9.58. The zero-order valence-electron chi connectivity index (χ0n) is 13.1. The largest absolute Gasteiger partial charge is 0.481 e. The predicted octanol–water partition coefficient (Wildman–Crippen LogP) is 1.73. The van der Waals surface area contributed by atoms with Crippen molar-refractivity contribution in [3.05, 3.63) is 11.3 Å². The van der Waals surface area contributed by atoms with Gasteiger partial charge in [-0.05, 0) is 32.7 Å². The van der Waals surface area contributed by atoms with Crippen LogP contribution in [0.1, 0.15) is 44.4 Å². The Hall–Kier alpha value is -1.07. The number of hydrogen-bond donors (Lipinski definition) is 1. The number of piperidine rings is 1. The monoisotopic (exact) mass is 281 g/mol. The zero-order chi connectivity index (χ0) is 14.7. The number of rotatable bonds is 5. The second-order valence-corrected chi connectivity index (χ2v) is 5.69. The summed E-state index contributed by atoms with van der Waals surface area (Å²) >= 11 is 0. The van der Waals surface area contributed by atoms with Crippen LogP contribution in [0.5, 0.6) is 5.88 Å². The number of hydrogen-bond acceptors (Lipinski definition) is 4. The summed E-state index contributed by atoms with van der Waals surface area (Å²) in [5.74, 6) is 0.844. The Morgan fingerprint density at radius 3 is 2.80 bits per heavy atom. The lowest BCUT2D eigenvalue weighted by atomic mass is 9.97. The highest BCUT2D eigenvalue weighted by atomic mass is 16.5. The molecule has 0 bridgehead atoms. The third kappa shape index (κ3) is 2.99. The molecule has 114 valence electrons. The summed E-state index contributed by atoms with van der Waals surface area (Å²) in [5.41, 5.74) is 2.27. The van der Waals surface area contributed by atoms with Gasteiger partial charge in [0.15, 0.2) is 0 Å². The van der Waals surface area contributed by atoms with E-state index in [0.717, 1.165) is 37.5 Å². The minimum absolute atomic E-state index is 0.248. The number of aliphatic hydroxyl groups excluding tert-OH is 1. The van der Waals surface area contributed by atoms with Gasteiger partial charge in [0, 0.05) is 19.6 Å². The molecule has 1 N–H and O–H groups in total. The molecule has 0 aliphatic carbocycles. The molecule has 0 radical (unpaired) electrons. The standard InChI is InChI=1S/C15H27N3O2/c1-5-13-12(15(20-4)17(3)16-13)10-18-9-7-6-8-14(18)11(2)19/h11,14,19H,5-10H2,1-4H3. The Morgan fingerprint density at radius 2 is 2.20 bits per heavy atom. The predicted molar refractivity (Wildman–Crippen MR) is 78.9 cm³/mol. The topological polar surface area (TPSA) is 50.5 Å². The van der Waals surface area contributed by atoms with Crippen molar-refractivity contribution < 1.29 is 9.84 Å². The molecule has 1 fully saturated rings. The van der Waals surface area contributed by atoms with Crippen LogP contribution in [0.4, 0.5) is 0 Å². The first kappa shape index (κ1) is 15.3. The van der Waals surface area contributed by atoms with Crippen LogP contribution >= 0.6 is 0 Å². The van der Waals surface area contributed by atoms with Crippen molar-refractivity contribution in [1.29, 1.82) is 0 Å². The number of likely N-dealkylation sites (tertiary alicyclic amines) is 1. The van der Waals surface area contributed by atoms with E-state index in [2.05, 4.69) is 16.9 Å². The van der Waals surface area contributed by atoms with Crippen LogP contribution in [-0.4, -0.2) is 45.6 Å². The molecule has 0 spiro atoms. The molecule has 1 aromatic rings. The molecular weight excluding hydrogens is 254 g/mol. The molecule has 2 heterocycles. The maximum absolute atomic E-state index is 9.99. The lowest BCUT2D eigenvalue weighted by molar-refractivity contribution is 0.0311. The van der Waals surface area contributed by atoms with E-state index < -0.39 is 0 Å². The number of aliphatic hydroxyl groups is 1. The maximum Gasteiger partial charge on any atom is 0.216 e. The molecule has 1 aliphatic rings. The normalized spacial score (nSPS) is 21.9. The molecule has 1 aromatic heterocycles. The number of nitrogens with zero attached hydrogens (tertiary/aromatic N) is 3. The maximum atomic E-state index is 9.99. The highest BCUT2D eigenvalue weighted by Crippen LogP contribution is 2.28. The first-order valence-corrected chi connectivity index (χ1v) is 7.59. The van der Waals surface area contributed by atoms with E-state index >= 15 is 0 Å². The Morgan fingerprint density at radius 1 is 1.45 bits per heavy atom. The molecule has 2 atom stereocenters. The highest BCUT2D eigenvalue weighted by Gasteiger charge is 2.28. The van der Waals surface area contributed by atoms with Gasteiger partial charge >= 0.3 is 0 Å². The van der Waals surface area contributed by atoms with Gasteiger partial charge in [-0.25, -0.2) is 4.68 Å². The van der Waals surface area contributed by atoms with Crippen LogP contribution < -0.4 is 4.74 Å². The van der Waals surface area contributed by atoms with Crippen LogP contribution in [0, 0.1) is 0 Å². The van der Waals surface area contributed by atoms with E-state index in [4.69, 9.17) is 4.74 Å². The Kier molecular flexibility index (Phi) is 5.05. The molecule has 0 saturated carbocycles. The van der Waals surface area contributed by atoms with Crippen molar-refractivity contribution >= 4 is 0 Å². The second kappa shape index (κ2) is 6.59. The third-order valence-electron chi connectivity index (χ3n) is 4.28. The van der Waals surface area contributed by atoms with Crippen molar-refractivity contribution in [2.75, 3.05) is 13.7 Å². The molecular formula is C15H27N3O2. The summed E-state index contributed by atoms with van der Waals surface area (Å²) in [5, 5.41) is 14.5. The highest BCUT2D eigenvalue weighted by molar-refractivity contribution is 5.32. The minimum Gasteiger partial charge on any atom is -0.481 e. The molecule has 0 aromatic carbocycles. The van der Waals surface area contributed by atoms with Crippen LogP contribution in [0.3, 0.4) is 0 Å². The van der Waals surface area contributed by atoms with Crippen LogP contribution in [0.2, 0.25) is 0 Å². The minimum atomic E-state index is -0.289. The second-order valence-electron chi connectivity index (χ2n) is 5.69. The van der Waals surface area contributed by atoms with E-state index in [1.807, 2.05) is 18.7 Å². The lowest BCUT2D eigenvalue weighted by Crippen LogP contribution is -2.45. The van der Waals surface area contributed by atoms with E-state index in [9.17, 15) is 5.11 Å². The summed E-state index contributed by atoms with van der Waals surface area (Å²) in [6.45, 7) is 5.87. The molecule has 1 saturated heterocycles. The summed E-state index contributed by atoms with van der Waals surface area (Å²) in [7, 11) is 3.62. The number of aromatic nitrogens is 2. The van der Waals surface area contributed by atoms with E-state index in [-0.39, 0.29) is 12.1 Å². The summed E-state index contributed by atoms with van der Waals surface area (Å²) < 4.78 is 7.32.